The minimum absolute atomic E-state index is 0. The average molecular weight is 258 g/mol. The lowest BCUT2D eigenvalue weighted by Gasteiger charge is -2.22. The maximum atomic E-state index is 11.6. The fourth-order valence-corrected chi connectivity index (χ4v) is 1.55. The number of carbonyl (C=O) groups is 1. The van der Waals surface area contributed by atoms with Crippen LogP contribution in [0.3, 0.4) is 0 Å². The van der Waals surface area contributed by atoms with Crippen molar-refractivity contribution in [3.8, 4) is 0 Å². The standard InChI is InChI=1S/C12H15NO3.ClH/c14-12(11-9-15-7-6-13-11)16-8-10-4-2-1-3-5-10;/h1-5,11,13H,6-9H2;1H/t11-;/m1./s1. The van der Waals surface area contributed by atoms with Crippen LogP contribution in [-0.2, 0) is 20.9 Å². The molecule has 2 rings (SSSR count). The first kappa shape index (κ1) is 14.0. The Hall–Kier alpha value is -1.10. The molecule has 0 aliphatic carbocycles. The molecular formula is C12H16ClNO3. The van der Waals surface area contributed by atoms with E-state index < -0.39 is 0 Å². The molecule has 0 saturated carbocycles. The molecule has 1 N–H and O–H groups in total. The summed E-state index contributed by atoms with van der Waals surface area (Å²) in [5.41, 5.74) is 0.993. The second-order valence-electron chi connectivity index (χ2n) is 3.67. The van der Waals surface area contributed by atoms with Crippen molar-refractivity contribution < 1.29 is 14.3 Å². The third kappa shape index (κ3) is 4.34. The molecule has 0 unspecified atom stereocenters. The summed E-state index contributed by atoms with van der Waals surface area (Å²) in [6.45, 7) is 2.07. The first-order valence-electron chi connectivity index (χ1n) is 5.38. The van der Waals surface area contributed by atoms with Gasteiger partial charge in [0.2, 0.25) is 0 Å². The molecule has 17 heavy (non-hydrogen) atoms. The summed E-state index contributed by atoms with van der Waals surface area (Å²) < 4.78 is 10.4. The van der Waals surface area contributed by atoms with Crippen LogP contribution in [-0.4, -0.2) is 31.8 Å². The summed E-state index contributed by atoms with van der Waals surface area (Å²) in [4.78, 5) is 11.6. The highest BCUT2D eigenvalue weighted by atomic mass is 35.5. The molecule has 1 atom stereocenters. The molecular weight excluding hydrogens is 242 g/mol. The maximum Gasteiger partial charge on any atom is 0.325 e. The number of halogens is 1. The van der Waals surface area contributed by atoms with Gasteiger partial charge in [-0.2, -0.15) is 0 Å². The first-order chi connectivity index (χ1) is 7.86. The Morgan fingerprint density at radius 2 is 2.18 bits per heavy atom. The summed E-state index contributed by atoms with van der Waals surface area (Å²) in [6, 6.07) is 9.31. The van der Waals surface area contributed by atoms with Crippen molar-refractivity contribution in [2.75, 3.05) is 19.8 Å². The molecule has 1 aromatic rings. The third-order valence-corrected chi connectivity index (χ3v) is 2.43. The van der Waals surface area contributed by atoms with Crippen LogP contribution in [0.25, 0.3) is 0 Å². The van der Waals surface area contributed by atoms with E-state index in [0.717, 1.165) is 5.56 Å². The predicted octanol–water partition coefficient (Wildman–Crippen LogP) is 1.14. The Balaban J connectivity index is 0.00000144. The highest BCUT2D eigenvalue weighted by molar-refractivity contribution is 5.85. The van der Waals surface area contributed by atoms with Gasteiger partial charge in [0.25, 0.3) is 0 Å². The normalized spacial score (nSPS) is 19.2. The molecule has 1 fully saturated rings. The van der Waals surface area contributed by atoms with Gasteiger partial charge in [-0.25, -0.2) is 0 Å². The number of benzene rings is 1. The Morgan fingerprint density at radius 1 is 1.41 bits per heavy atom. The lowest BCUT2D eigenvalue weighted by molar-refractivity contribution is -0.150. The molecule has 1 aromatic carbocycles. The molecule has 94 valence electrons. The van der Waals surface area contributed by atoms with Crippen LogP contribution in [0.2, 0.25) is 0 Å². The van der Waals surface area contributed by atoms with Crippen molar-refractivity contribution in [3.05, 3.63) is 35.9 Å². The largest absolute Gasteiger partial charge is 0.460 e. The van der Waals surface area contributed by atoms with Gasteiger partial charge in [-0.3, -0.25) is 4.79 Å². The van der Waals surface area contributed by atoms with E-state index in [1.807, 2.05) is 30.3 Å². The maximum absolute atomic E-state index is 11.6. The Kier molecular flexibility index (Phi) is 5.97. The van der Waals surface area contributed by atoms with E-state index in [2.05, 4.69) is 5.32 Å². The molecule has 1 saturated heterocycles. The van der Waals surface area contributed by atoms with Gasteiger partial charge in [0.05, 0.1) is 13.2 Å². The molecule has 0 aromatic heterocycles. The highest BCUT2D eigenvalue weighted by Gasteiger charge is 2.22. The van der Waals surface area contributed by atoms with Crippen molar-refractivity contribution in [2.24, 2.45) is 0 Å². The zero-order valence-corrected chi connectivity index (χ0v) is 10.2. The summed E-state index contributed by atoms with van der Waals surface area (Å²) in [7, 11) is 0. The van der Waals surface area contributed by atoms with Gasteiger partial charge in [0.15, 0.2) is 0 Å². The number of hydrogen-bond donors (Lipinski definition) is 1. The van der Waals surface area contributed by atoms with Gasteiger partial charge in [0.1, 0.15) is 12.6 Å². The number of ether oxygens (including phenoxy) is 2. The Labute approximate surface area is 107 Å². The first-order valence-corrected chi connectivity index (χ1v) is 5.38. The molecule has 4 nitrogen and oxygen atoms in total. The van der Waals surface area contributed by atoms with Gasteiger partial charge in [-0.05, 0) is 5.56 Å². The number of nitrogens with one attached hydrogen (secondary N) is 1. The Bertz CT molecular complexity index is 339. The van der Waals surface area contributed by atoms with E-state index in [4.69, 9.17) is 9.47 Å². The van der Waals surface area contributed by atoms with Crippen molar-refractivity contribution in [1.29, 1.82) is 0 Å². The van der Waals surface area contributed by atoms with Crippen molar-refractivity contribution >= 4 is 18.4 Å². The van der Waals surface area contributed by atoms with Gasteiger partial charge in [-0.1, -0.05) is 30.3 Å². The van der Waals surface area contributed by atoms with E-state index in [0.29, 0.717) is 26.4 Å². The van der Waals surface area contributed by atoms with Crippen LogP contribution in [0.1, 0.15) is 5.56 Å². The molecule has 5 heteroatoms. The number of rotatable bonds is 3. The number of carbonyl (C=O) groups excluding carboxylic acids is 1. The SMILES string of the molecule is Cl.O=C(OCc1ccccc1)[C@H]1COCCN1. The lowest BCUT2D eigenvalue weighted by atomic mass is 10.2. The predicted molar refractivity (Wildman–Crippen MR) is 66.1 cm³/mol. The fourth-order valence-electron chi connectivity index (χ4n) is 1.55. The minimum atomic E-state index is -0.322. The van der Waals surface area contributed by atoms with Crippen LogP contribution in [0.15, 0.2) is 30.3 Å². The average Bonchev–Trinajstić information content (AvgIpc) is 2.38. The van der Waals surface area contributed by atoms with E-state index >= 15 is 0 Å². The molecule has 0 spiro atoms. The summed E-state index contributed by atoms with van der Waals surface area (Å²) in [5.74, 6) is -0.247. The molecule has 1 heterocycles. The molecule has 1 aliphatic rings. The zero-order chi connectivity index (χ0) is 11.2. The van der Waals surface area contributed by atoms with Crippen LogP contribution in [0, 0.1) is 0 Å². The highest BCUT2D eigenvalue weighted by Crippen LogP contribution is 2.03. The number of esters is 1. The summed E-state index contributed by atoms with van der Waals surface area (Å²) >= 11 is 0. The molecule has 0 amide bonds. The van der Waals surface area contributed by atoms with E-state index in [-0.39, 0.29) is 24.4 Å². The lowest BCUT2D eigenvalue weighted by Crippen LogP contribution is -2.47. The van der Waals surface area contributed by atoms with Gasteiger partial charge in [0, 0.05) is 6.54 Å². The number of hydrogen-bond acceptors (Lipinski definition) is 4. The van der Waals surface area contributed by atoms with Crippen molar-refractivity contribution in [3.63, 3.8) is 0 Å². The van der Waals surface area contributed by atoms with Crippen LogP contribution >= 0.6 is 12.4 Å². The van der Waals surface area contributed by atoms with Crippen LogP contribution in [0.4, 0.5) is 0 Å². The molecule has 1 aliphatic heterocycles. The van der Waals surface area contributed by atoms with E-state index in [1.54, 1.807) is 0 Å². The molecule has 0 radical (unpaired) electrons. The fraction of sp³-hybridized carbons (Fsp3) is 0.417. The Morgan fingerprint density at radius 3 is 2.82 bits per heavy atom. The van der Waals surface area contributed by atoms with Gasteiger partial charge in [-0.15, -0.1) is 12.4 Å². The second kappa shape index (κ2) is 7.27. The quantitative estimate of drug-likeness (QED) is 0.825. The summed E-state index contributed by atoms with van der Waals surface area (Å²) in [6.07, 6.45) is 0. The minimum Gasteiger partial charge on any atom is -0.460 e. The zero-order valence-electron chi connectivity index (χ0n) is 9.43. The second-order valence-corrected chi connectivity index (χ2v) is 3.67. The van der Waals surface area contributed by atoms with Crippen molar-refractivity contribution in [1.82, 2.24) is 5.32 Å². The van der Waals surface area contributed by atoms with Crippen LogP contribution in [0.5, 0.6) is 0 Å². The van der Waals surface area contributed by atoms with Gasteiger partial charge >= 0.3 is 5.97 Å². The van der Waals surface area contributed by atoms with E-state index in [9.17, 15) is 4.79 Å². The summed E-state index contributed by atoms with van der Waals surface area (Å²) in [5, 5.41) is 3.06. The topological polar surface area (TPSA) is 47.6 Å². The monoisotopic (exact) mass is 257 g/mol. The number of morpholine rings is 1. The smallest absolute Gasteiger partial charge is 0.325 e. The molecule has 0 bridgehead atoms. The van der Waals surface area contributed by atoms with Crippen LogP contribution < -0.4 is 5.32 Å². The van der Waals surface area contributed by atoms with Gasteiger partial charge < -0.3 is 14.8 Å². The van der Waals surface area contributed by atoms with E-state index in [1.165, 1.54) is 0 Å². The van der Waals surface area contributed by atoms with Crippen molar-refractivity contribution in [2.45, 2.75) is 12.6 Å². The third-order valence-electron chi connectivity index (χ3n) is 2.43.